The number of piperazine rings is 1. The Morgan fingerprint density at radius 3 is 2.55 bits per heavy atom. The van der Waals surface area contributed by atoms with Crippen molar-refractivity contribution in [1.82, 2.24) is 14.9 Å². The molecule has 3 heterocycles. The van der Waals surface area contributed by atoms with Crippen LogP contribution in [0.4, 0.5) is 25.0 Å². The lowest BCUT2D eigenvalue weighted by atomic mass is 10.1. The molecule has 1 N–H and O–H groups in total. The highest BCUT2D eigenvalue weighted by Gasteiger charge is 2.48. The molecular weight excluding hydrogens is 588 g/mol. The molecule has 0 saturated carbocycles. The fourth-order valence-corrected chi connectivity index (χ4v) is 5.41. The van der Waals surface area contributed by atoms with Gasteiger partial charge >= 0.3 is 6.09 Å². The highest BCUT2D eigenvalue weighted by molar-refractivity contribution is 9.10. The minimum atomic E-state index is -0.623. The van der Waals surface area contributed by atoms with Crippen molar-refractivity contribution in [2.75, 3.05) is 30.4 Å². The van der Waals surface area contributed by atoms with Gasteiger partial charge in [0.05, 0.1) is 34.6 Å². The fraction of sp³-hybridized carbons (Fsp3) is 0.357. The highest BCUT2D eigenvalue weighted by Crippen LogP contribution is 2.42. The zero-order valence-electron chi connectivity index (χ0n) is 22.4. The molecule has 2 bridgehead atoms. The average molecular weight is 616 g/mol. The first-order valence-electron chi connectivity index (χ1n) is 12.7. The summed E-state index contributed by atoms with van der Waals surface area (Å²) < 4.78 is 41.2. The number of carbonyl (C=O) groups is 2. The first kappa shape index (κ1) is 27.8. The van der Waals surface area contributed by atoms with Crippen LogP contribution in [0, 0.1) is 11.6 Å². The molecule has 2 amide bonds. The van der Waals surface area contributed by atoms with E-state index >= 15 is 4.39 Å². The molecule has 12 heteroatoms. The van der Waals surface area contributed by atoms with Gasteiger partial charge in [-0.3, -0.25) is 4.79 Å². The van der Waals surface area contributed by atoms with Crippen LogP contribution in [0.1, 0.15) is 37.7 Å². The molecule has 0 radical (unpaired) electrons. The molecule has 2 aliphatic heterocycles. The molecule has 1 aromatic heterocycles. The van der Waals surface area contributed by atoms with Crippen molar-refractivity contribution in [2.45, 2.75) is 44.9 Å². The number of halogens is 3. The van der Waals surface area contributed by atoms with Crippen molar-refractivity contribution in [3.05, 3.63) is 64.4 Å². The molecule has 9 nitrogen and oxygen atoms in total. The molecule has 2 saturated heterocycles. The van der Waals surface area contributed by atoms with Gasteiger partial charge in [0.15, 0.2) is 11.6 Å². The maximum absolute atomic E-state index is 15.6. The predicted molar refractivity (Wildman–Crippen MR) is 149 cm³/mol. The minimum Gasteiger partial charge on any atom is -0.496 e. The maximum Gasteiger partial charge on any atom is 0.410 e. The van der Waals surface area contributed by atoms with Gasteiger partial charge in [0, 0.05) is 25.3 Å². The molecule has 5 rings (SSSR count). The summed E-state index contributed by atoms with van der Waals surface area (Å²) in [5.74, 6) is -1.56. The van der Waals surface area contributed by atoms with E-state index in [1.807, 2.05) is 25.7 Å². The standard InChI is InChI=1S/C28H28BrF2N5O4/c1-28(2,3)40-27(38)36-14-15-12-16(36)13-35(15)24-19(9-8-17(29)23(24)31)34-26(37)20-10-11-32-25(33-20)22-18(30)6-5-7-21(22)39-4/h5-11,15-16H,12-14H2,1-4H3,(H,34,37)/t15-,16-/m0/s1. The van der Waals surface area contributed by atoms with Gasteiger partial charge in [-0.15, -0.1) is 0 Å². The van der Waals surface area contributed by atoms with E-state index in [0.717, 1.165) is 0 Å². The van der Waals surface area contributed by atoms with E-state index in [2.05, 4.69) is 31.2 Å². The Morgan fingerprint density at radius 2 is 1.88 bits per heavy atom. The first-order chi connectivity index (χ1) is 19.0. The molecule has 3 aromatic rings. The van der Waals surface area contributed by atoms with Crippen LogP contribution in [-0.2, 0) is 4.74 Å². The first-order valence-corrected chi connectivity index (χ1v) is 13.5. The Balaban J connectivity index is 1.40. The van der Waals surface area contributed by atoms with Crippen LogP contribution < -0.4 is 15.0 Å². The number of aromatic nitrogens is 2. The zero-order valence-corrected chi connectivity index (χ0v) is 24.0. The SMILES string of the molecule is COc1cccc(F)c1-c1nccc(C(=O)Nc2ccc(Br)c(F)c2N2C[C@@H]3C[C@H]2CN3C(=O)OC(C)(C)C)n1. The molecule has 2 aliphatic rings. The van der Waals surface area contributed by atoms with E-state index in [1.165, 1.54) is 37.6 Å². The van der Waals surface area contributed by atoms with Gasteiger partial charge in [-0.05, 0) is 73.5 Å². The van der Waals surface area contributed by atoms with Crippen LogP contribution in [0.5, 0.6) is 5.75 Å². The largest absolute Gasteiger partial charge is 0.496 e. The molecule has 40 heavy (non-hydrogen) atoms. The van der Waals surface area contributed by atoms with Gasteiger partial charge in [-0.1, -0.05) is 6.07 Å². The van der Waals surface area contributed by atoms with E-state index in [9.17, 15) is 14.0 Å². The van der Waals surface area contributed by atoms with Crippen molar-refractivity contribution in [3.63, 3.8) is 0 Å². The highest BCUT2D eigenvalue weighted by atomic mass is 79.9. The number of anilines is 2. The third kappa shape index (κ3) is 5.32. The second-order valence-corrected chi connectivity index (χ2v) is 11.5. The molecule has 2 aromatic carbocycles. The summed E-state index contributed by atoms with van der Waals surface area (Å²) in [5, 5.41) is 2.76. The Bertz CT molecular complexity index is 1480. The molecule has 0 unspecified atom stereocenters. The topological polar surface area (TPSA) is 96.9 Å². The number of benzene rings is 2. The van der Waals surface area contributed by atoms with Crippen molar-refractivity contribution in [3.8, 4) is 17.1 Å². The smallest absolute Gasteiger partial charge is 0.410 e. The summed E-state index contributed by atoms with van der Waals surface area (Å²) >= 11 is 3.25. The van der Waals surface area contributed by atoms with E-state index in [0.29, 0.717) is 19.5 Å². The predicted octanol–water partition coefficient (Wildman–Crippen LogP) is 5.64. The Labute approximate surface area is 238 Å². The number of hydrogen-bond acceptors (Lipinski definition) is 7. The van der Waals surface area contributed by atoms with Crippen LogP contribution in [0.3, 0.4) is 0 Å². The third-order valence-corrected chi connectivity index (χ3v) is 7.39. The summed E-state index contributed by atoms with van der Waals surface area (Å²) in [6.45, 7) is 6.18. The number of likely N-dealkylation sites (tertiary alicyclic amines) is 1. The van der Waals surface area contributed by atoms with Crippen LogP contribution >= 0.6 is 15.9 Å². The van der Waals surface area contributed by atoms with Crippen LogP contribution in [0.2, 0.25) is 0 Å². The van der Waals surface area contributed by atoms with Gasteiger partial charge in [-0.25, -0.2) is 23.5 Å². The van der Waals surface area contributed by atoms with Crippen molar-refractivity contribution in [1.29, 1.82) is 0 Å². The molecule has 2 fully saturated rings. The van der Waals surface area contributed by atoms with Crippen molar-refractivity contribution < 1.29 is 27.8 Å². The second kappa shape index (κ2) is 10.6. The summed E-state index contributed by atoms with van der Waals surface area (Å²) in [5.41, 5.74) is -0.179. The Morgan fingerprint density at radius 1 is 1.10 bits per heavy atom. The number of amides is 2. The molecule has 0 aliphatic carbocycles. The molecular formula is C28H28BrF2N5O4. The second-order valence-electron chi connectivity index (χ2n) is 10.6. The van der Waals surface area contributed by atoms with Gasteiger partial charge in [0.25, 0.3) is 5.91 Å². The number of rotatable bonds is 5. The van der Waals surface area contributed by atoms with Gasteiger partial charge in [0.2, 0.25) is 0 Å². The quantitative estimate of drug-likeness (QED) is 0.396. The maximum atomic E-state index is 15.6. The summed E-state index contributed by atoms with van der Waals surface area (Å²) in [7, 11) is 1.40. The number of carbonyl (C=O) groups excluding carboxylic acids is 2. The normalized spacial score (nSPS) is 18.2. The van der Waals surface area contributed by atoms with Gasteiger partial charge < -0.3 is 24.6 Å². The minimum absolute atomic E-state index is 0.0242. The van der Waals surface area contributed by atoms with Crippen LogP contribution in [0.15, 0.2) is 47.1 Å². The van der Waals surface area contributed by atoms with Crippen LogP contribution in [-0.4, -0.2) is 64.8 Å². The average Bonchev–Trinajstić information content (AvgIpc) is 3.51. The van der Waals surface area contributed by atoms with Crippen LogP contribution in [0.25, 0.3) is 11.4 Å². The van der Waals surface area contributed by atoms with E-state index in [1.54, 1.807) is 17.0 Å². The van der Waals surface area contributed by atoms with E-state index in [-0.39, 0.29) is 50.8 Å². The van der Waals surface area contributed by atoms with E-state index in [4.69, 9.17) is 9.47 Å². The third-order valence-electron chi connectivity index (χ3n) is 6.78. The lowest BCUT2D eigenvalue weighted by molar-refractivity contribution is 0.0214. The van der Waals surface area contributed by atoms with Crippen molar-refractivity contribution in [2.24, 2.45) is 0 Å². The summed E-state index contributed by atoms with van der Waals surface area (Å²) in [4.78, 5) is 37.9. The Kier molecular flexibility index (Phi) is 7.38. The molecule has 2 atom stereocenters. The van der Waals surface area contributed by atoms with Gasteiger partial charge in [0.1, 0.15) is 22.9 Å². The number of nitrogens with one attached hydrogen (secondary N) is 1. The molecule has 0 spiro atoms. The summed E-state index contributed by atoms with van der Waals surface area (Å²) in [6, 6.07) is 8.49. The monoisotopic (exact) mass is 615 g/mol. The number of hydrogen-bond donors (Lipinski definition) is 1. The lowest BCUT2D eigenvalue weighted by Crippen LogP contribution is -2.50. The number of fused-ring (bicyclic) bond motifs is 2. The molecule has 210 valence electrons. The Hall–Kier alpha value is -3.80. The summed E-state index contributed by atoms with van der Waals surface area (Å²) in [6.07, 6.45) is 1.60. The van der Waals surface area contributed by atoms with E-state index < -0.39 is 29.2 Å². The zero-order chi connectivity index (χ0) is 28.8. The number of ether oxygens (including phenoxy) is 2. The fourth-order valence-electron chi connectivity index (χ4n) is 5.09. The number of methoxy groups -OCH3 is 1. The van der Waals surface area contributed by atoms with Crippen molar-refractivity contribution >= 4 is 39.3 Å². The number of nitrogens with zero attached hydrogens (tertiary/aromatic N) is 4. The lowest BCUT2D eigenvalue weighted by Gasteiger charge is -2.37. The van der Waals surface area contributed by atoms with Gasteiger partial charge in [-0.2, -0.15) is 0 Å².